The van der Waals surface area contributed by atoms with Crippen LogP contribution in [0.2, 0.25) is 0 Å². The molecule has 0 radical (unpaired) electrons. The third kappa shape index (κ3) is 5.25. The van der Waals surface area contributed by atoms with Gasteiger partial charge in [-0.05, 0) is 31.2 Å². The highest BCUT2D eigenvalue weighted by atomic mass is 32.2. The number of nitrogens with zero attached hydrogens (tertiary/aromatic N) is 1. The molecule has 0 spiro atoms. The number of benzene rings is 1. The molecule has 10 nitrogen and oxygen atoms in total. The molecule has 27 heavy (non-hydrogen) atoms. The molecule has 1 saturated heterocycles. The summed E-state index contributed by atoms with van der Waals surface area (Å²) in [5, 5.41) is 11.7. The van der Waals surface area contributed by atoms with Crippen LogP contribution in [0.5, 0.6) is 0 Å². The summed E-state index contributed by atoms with van der Waals surface area (Å²) in [4.78, 5) is 35.8. The minimum atomic E-state index is -4.02. The van der Waals surface area contributed by atoms with Crippen molar-refractivity contribution in [2.24, 2.45) is 0 Å². The summed E-state index contributed by atoms with van der Waals surface area (Å²) in [6, 6.07) is 3.11. The predicted molar refractivity (Wildman–Crippen MR) is 94.5 cm³/mol. The molecule has 1 fully saturated rings. The number of morpholine rings is 1. The third-order valence-corrected chi connectivity index (χ3v) is 5.44. The average molecular weight is 399 g/mol. The number of carbonyl (C=O) groups excluding carboxylic acids is 2. The number of ether oxygens (including phenoxy) is 1. The van der Waals surface area contributed by atoms with Gasteiger partial charge >= 0.3 is 5.97 Å². The van der Waals surface area contributed by atoms with Gasteiger partial charge in [-0.1, -0.05) is 0 Å². The molecular weight excluding hydrogens is 378 g/mol. The Morgan fingerprint density at radius 2 is 1.89 bits per heavy atom. The van der Waals surface area contributed by atoms with Crippen molar-refractivity contribution in [2.75, 3.05) is 25.1 Å². The summed E-state index contributed by atoms with van der Waals surface area (Å²) < 4.78 is 32.3. The van der Waals surface area contributed by atoms with E-state index in [0.29, 0.717) is 5.69 Å². The fourth-order valence-electron chi connectivity index (χ4n) is 2.59. The fourth-order valence-corrected chi connectivity index (χ4v) is 3.79. The minimum Gasteiger partial charge on any atom is -0.480 e. The van der Waals surface area contributed by atoms with Crippen LogP contribution in [-0.2, 0) is 29.1 Å². The van der Waals surface area contributed by atoms with E-state index in [4.69, 9.17) is 4.74 Å². The van der Waals surface area contributed by atoms with Crippen LogP contribution in [0.25, 0.3) is 0 Å². The molecule has 148 valence electrons. The summed E-state index contributed by atoms with van der Waals surface area (Å²) in [6.45, 7) is 2.77. The highest BCUT2D eigenvalue weighted by Gasteiger charge is 2.36. The van der Waals surface area contributed by atoms with Crippen LogP contribution in [0.15, 0.2) is 29.2 Å². The normalized spacial score (nSPS) is 18.6. The lowest BCUT2D eigenvalue weighted by atomic mass is 10.2. The molecule has 1 aromatic rings. The monoisotopic (exact) mass is 399 g/mol. The Morgan fingerprint density at radius 1 is 1.26 bits per heavy atom. The maximum atomic E-state index is 12.5. The maximum absolute atomic E-state index is 12.5. The van der Waals surface area contributed by atoms with Gasteiger partial charge in [-0.15, -0.1) is 0 Å². The first-order chi connectivity index (χ1) is 12.6. The Labute approximate surface area is 156 Å². The summed E-state index contributed by atoms with van der Waals surface area (Å²) >= 11 is 0. The van der Waals surface area contributed by atoms with Crippen molar-refractivity contribution in [3.05, 3.63) is 24.3 Å². The van der Waals surface area contributed by atoms with Gasteiger partial charge in [0.1, 0.15) is 0 Å². The number of hydrogen-bond acceptors (Lipinski definition) is 6. The van der Waals surface area contributed by atoms with Crippen molar-refractivity contribution >= 4 is 33.5 Å². The van der Waals surface area contributed by atoms with E-state index in [1.807, 2.05) is 0 Å². The number of carboxylic acid groups (broad SMARTS) is 1. The second-order valence-corrected chi connectivity index (χ2v) is 7.72. The van der Waals surface area contributed by atoms with Gasteiger partial charge in [-0.25, -0.2) is 13.2 Å². The van der Waals surface area contributed by atoms with Crippen molar-refractivity contribution in [1.82, 2.24) is 9.62 Å². The van der Waals surface area contributed by atoms with Gasteiger partial charge in [0.05, 0.1) is 24.2 Å². The largest absolute Gasteiger partial charge is 0.480 e. The van der Waals surface area contributed by atoms with E-state index in [-0.39, 0.29) is 30.6 Å². The molecular formula is C16H21N3O7S. The quantitative estimate of drug-likeness (QED) is 0.592. The molecule has 1 aliphatic rings. The van der Waals surface area contributed by atoms with Gasteiger partial charge in [0, 0.05) is 19.2 Å². The second kappa shape index (κ2) is 8.46. The molecule has 1 heterocycles. The van der Waals surface area contributed by atoms with Gasteiger partial charge in [-0.2, -0.15) is 4.72 Å². The summed E-state index contributed by atoms with van der Waals surface area (Å²) in [7, 11) is -4.02. The van der Waals surface area contributed by atoms with Gasteiger partial charge in [0.15, 0.2) is 6.04 Å². The highest BCUT2D eigenvalue weighted by molar-refractivity contribution is 7.89. The van der Waals surface area contributed by atoms with Crippen molar-refractivity contribution in [2.45, 2.75) is 30.8 Å². The van der Waals surface area contributed by atoms with E-state index in [1.165, 1.54) is 38.1 Å². The molecule has 2 amide bonds. The maximum Gasteiger partial charge on any atom is 0.328 e. The Bertz CT molecular complexity index is 823. The second-order valence-electron chi connectivity index (χ2n) is 6.01. The van der Waals surface area contributed by atoms with Gasteiger partial charge in [0.25, 0.3) is 0 Å². The van der Waals surface area contributed by atoms with Crippen LogP contribution in [0.4, 0.5) is 5.69 Å². The van der Waals surface area contributed by atoms with E-state index in [0.717, 1.165) is 4.90 Å². The summed E-state index contributed by atoms with van der Waals surface area (Å²) in [5.74, 6) is -2.16. The number of nitrogens with one attached hydrogen (secondary N) is 2. The van der Waals surface area contributed by atoms with E-state index in [1.54, 1.807) is 0 Å². The zero-order chi connectivity index (χ0) is 20.2. The van der Waals surface area contributed by atoms with Crippen LogP contribution < -0.4 is 10.0 Å². The predicted octanol–water partition coefficient (Wildman–Crippen LogP) is -0.376. The first-order valence-corrected chi connectivity index (χ1v) is 9.61. The fraction of sp³-hybridized carbons (Fsp3) is 0.438. The number of carboxylic acids is 1. The summed E-state index contributed by atoms with van der Waals surface area (Å²) in [5.41, 5.74) is 0.434. The van der Waals surface area contributed by atoms with Crippen LogP contribution in [-0.4, -0.2) is 68.1 Å². The zero-order valence-corrected chi connectivity index (χ0v) is 15.7. The van der Waals surface area contributed by atoms with E-state index in [9.17, 15) is 27.9 Å². The first kappa shape index (κ1) is 20.8. The Morgan fingerprint density at radius 3 is 2.44 bits per heavy atom. The number of amides is 2. The Balaban J connectivity index is 2.10. The molecule has 1 aliphatic heterocycles. The number of rotatable bonds is 6. The zero-order valence-electron chi connectivity index (χ0n) is 14.8. The Kier molecular flexibility index (Phi) is 6.52. The molecule has 2 rings (SSSR count). The lowest BCUT2D eigenvalue weighted by Crippen LogP contribution is -2.57. The molecule has 0 saturated carbocycles. The molecule has 0 aromatic heterocycles. The first-order valence-electron chi connectivity index (χ1n) is 8.13. The lowest BCUT2D eigenvalue weighted by molar-refractivity contribution is -0.158. The van der Waals surface area contributed by atoms with Crippen molar-refractivity contribution in [1.29, 1.82) is 0 Å². The van der Waals surface area contributed by atoms with E-state index >= 15 is 0 Å². The smallest absolute Gasteiger partial charge is 0.328 e. The molecule has 2 atom stereocenters. The van der Waals surface area contributed by atoms with Gasteiger partial charge < -0.3 is 20.1 Å². The molecule has 2 unspecified atom stereocenters. The third-order valence-electron chi connectivity index (χ3n) is 3.88. The average Bonchev–Trinajstić information content (AvgIpc) is 2.60. The number of anilines is 1. The Hall–Kier alpha value is -2.50. The number of sulfonamides is 1. The minimum absolute atomic E-state index is 0.0628. The topological polar surface area (TPSA) is 142 Å². The highest BCUT2D eigenvalue weighted by Crippen LogP contribution is 2.15. The molecule has 0 aliphatic carbocycles. The van der Waals surface area contributed by atoms with Crippen LogP contribution in [0.1, 0.15) is 13.8 Å². The number of aliphatic carboxylic acids is 1. The van der Waals surface area contributed by atoms with Crippen molar-refractivity contribution in [3.63, 3.8) is 0 Å². The van der Waals surface area contributed by atoms with Crippen LogP contribution >= 0.6 is 0 Å². The standard InChI is InChI=1S/C16H21N3O7S/c1-10(15(21)19-7-8-26-9-14(19)16(22)23)18-27(24,25)13-5-3-12(4-6-13)17-11(2)20/h3-6,10,14,18H,7-9H2,1-2H3,(H,17,20)(H,22,23). The molecule has 11 heteroatoms. The van der Waals surface area contributed by atoms with Crippen molar-refractivity contribution < 1.29 is 32.6 Å². The van der Waals surface area contributed by atoms with E-state index < -0.39 is 34.0 Å². The van der Waals surface area contributed by atoms with E-state index in [2.05, 4.69) is 10.0 Å². The SMILES string of the molecule is CC(=O)Nc1ccc(S(=O)(=O)NC(C)C(=O)N2CCOCC2C(=O)O)cc1. The lowest BCUT2D eigenvalue weighted by Gasteiger charge is -2.34. The molecule has 0 bridgehead atoms. The molecule has 3 N–H and O–H groups in total. The summed E-state index contributed by atoms with van der Waals surface area (Å²) in [6.07, 6.45) is 0. The number of carbonyl (C=O) groups is 3. The van der Waals surface area contributed by atoms with Crippen LogP contribution in [0, 0.1) is 0 Å². The number of hydrogen-bond donors (Lipinski definition) is 3. The van der Waals surface area contributed by atoms with Gasteiger partial charge in [0.2, 0.25) is 21.8 Å². The molecule has 1 aromatic carbocycles. The van der Waals surface area contributed by atoms with Crippen molar-refractivity contribution in [3.8, 4) is 0 Å². The van der Waals surface area contributed by atoms with Gasteiger partial charge in [-0.3, -0.25) is 9.59 Å². The van der Waals surface area contributed by atoms with Crippen LogP contribution in [0.3, 0.4) is 0 Å².